The molecule has 0 radical (unpaired) electrons. The van der Waals surface area contributed by atoms with Crippen molar-refractivity contribution in [1.82, 2.24) is 20.2 Å². The minimum atomic E-state index is -0.519. The van der Waals surface area contributed by atoms with Gasteiger partial charge in [0, 0.05) is 36.4 Å². The molecule has 0 bridgehead atoms. The minimum Gasteiger partial charge on any atom is -0.494 e. The van der Waals surface area contributed by atoms with Gasteiger partial charge >= 0.3 is 0 Å². The molecule has 3 aromatic rings. The molecule has 1 atom stereocenters. The molecule has 9 heteroatoms. The Morgan fingerprint density at radius 3 is 2.70 bits per heavy atom. The van der Waals surface area contributed by atoms with E-state index in [1.807, 2.05) is 32.0 Å². The van der Waals surface area contributed by atoms with Crippen LogP contribution in [-0.4, -0.2) is 54.3 Å². The van der Waals surface area contributed by atoms with Gasteiger partial charge in [-0.2, -0.15) is 0 Å². The Morgan fingerprint density at radius 1 is 1.22 bits per heavy atom. The van der Waals surface area contributed by atoms with Crippen molar-refractivity contribution in [3.05, 3.63) is 52.6 Å². The fraction of sp³-hybridized carbons (Fsp3) is 0.464. The van der Waals surface area contributed by atoms with Gasteiger partial charge in [0.2, 0.25) is 5.91 Å². The lowest BCUT2D eigenvalue weighted by molar-refractivity contribution is -0.122. The van der Waals surface area contributed by atoms with E-state index in [2.05, 4.69) is 29.4 Å². The maximum absolute atomic E-state index is 14.1. The predicted octanol–water partition coefficient (Wildman–Crippen LogP) is 3.56. The van der Waals surface area contributed by atoms with Crippen molar-refractivity contribution in [2.24, 2.45) is 5.92 Å². The van der Waals surface area contributed by atoms with Crippen LogP contribution >= 0.6 is 0 Å². The average molecular weight is 510 g/mol. The number of hydrogen-bond donors (Lipinski definition) is 2. The molecule has 4 rings (SSSR count). The number of ether oxygens (including phenoxy) is 1. The van der Waals surface area contributed by atoms with E-state index >= 15 is 0 Å². The summed E-state index contributed by atoms with van der Waals surface area (Å²) in [5.41, 5.74) is 1.63. The molecule has 1 amide bonds. The Kier molecular flexibility index (Phi) is 8.12. The number of aromatic nitrogens is 2. The molecule has 0 unspecified atom stereocenters. The second-order valence-electron chi connectivity index (χ2n) is 10.2. The number of carbonyl (C=O) groups excluding carboxylic acids is 1. The summed E-state index contributed by atoms with van der Waals surface area (Å²) in [6.07, 6.45) is 1.00. The van der Waals surface area contributed by atoms with Gasteiger partial charge in [-0.25, -0.2) is 9.37 Å². The lowest BCUT2D eigenvalue weighted by Gasteiger charge is -2.28. The molecule has 2 aromatic carbocycles. The third-order valence-corrected chi connectivity index (χ3v) is 6.70. The van der Waals surface area contributed by atoms with Gasteiger partial charge in [0.05, 0.1) is 18.0 Å². The van der Waals surface area contributed by atoms with Gasteiger partial charge in [0.1, 0.15) is 12.4 Å². The summed E-state index contributed by atoms with van der Waals surface area (Å²) in [7, 11) is 1.38. The number of nitrogens with one attached hydrogen (secondary N) is 2. The van der Waals surface area contributed by atoms with E-state index in [0.717, 1.165) is 31.7 Å². The summed E-state index contributed by atoms with van der Waals surface area (Å²) in [5.74, 6) is -0.0243. The Bertz CT molecular complexity index is 1340. The molecule has 2 heterocycles. The molecule has 198 valence electrons. The Labute approximate surface area is 216 Å². The molecule has 0 spiro atoms. The Morgan fingerprint density at radius 2 is 2.00 bits per heavy atom. The summed E-state index contributed by atoms with van der Waals surface area (Å²) in [5, 5.41) is 6.89. The van der Waals surface area contributed by atoms with Crippen molar-refractivity contribution in [3.63, 3.8) is 0 Å². The van der Waals surface area contributed by atoms with Crippen LogP contribution in [0, 0.1) is 11.7 Å². The van der Waals surface area contributed by atoms with Crippen LogP contribution < -0.4 is 25.8 Å². The van der Waals surface area contributed by atoms with Gasteiger partial charge in [-0.15, -0.1) is 0 Å². The SMILES string of the molecule is COc1cc(-c2nc3ccc(N4CCCN[C@@H](C(C)C)C4)cc3c(=O)n2CC(=O)NC(C)C)ccc1F. The van der Waals surface area contributed by atoms with Crippen LogP contribution in [0.1, 0.15) is 34.1 Å². The zero-order valence-electron chi connectivity index (χ0n) is 22.2. The van der Waals surface area contributed by atoms with Crippen LogP contribution in [0.25, 0.3) is 22.3 Å². The number of benzene rings is 2. The first kappa shape index (κ1) is 26.6. The van der Waals surface area contributed by atoms with Gasteiger partial charge in [-0.3, -0.25) is 14.2 Å². The number of halogens is 1. The highest BCUT2D eigenvalue weighted by molar-refractivity contribution is 5.85. The smallest absolute Gasteiger partial charge is 0.262 e. The average Bonchev–Trinajstić information content (AvgIpc) is 3.12. The number of rotatable bonds is 7. The van der Waals surface area contributed by atoms with Crippen LogP contribution in [0.15, 0.2) is 41.2 Å². The third-order valence-electron chi connectivity index (χ3n) is 6.70. The third kappa shape index (κ3) is 5.93. The molecule has 1 aliphatic heterocycles. The van der Waals surface area contributed by atoms with E-state index in [-0.39, 0.29) is 35.6 Å². The summed E-state index contributed by atoms with van der Waals surface area (Å²) >= 11 is 0. The van der Waals surface area contributed by atoms with E-state index < -0.39 is 5.82 Å². The van der Waals surface area contributed by atoms with E-state index in [1.54, 1.807) is 0 Å². The van der Waals surface area contributed by atoms with E-state index in [4.69, 9.17) is 9.72 Å². The van der Waals surface area contributed by atoms with Gasteiger partial charge in [-0.05, 0) is 69.1 Å². The molecule has 2 N–H and O–H groups in total. The van der Waals surface area contributed by atoms with Gasteiger partial charge in [0.15, 0.2) is 11.6 Å². The van der Waals surface area contributed by atoms with Crippen LogP contribution in [0.4, 0.5) is 10.1 Å². The maximum Gasteiger partial charge on any atom is 0.262 e. The summed E-state index contributed by atoms with van der Waals surface area (Å²) in [6.45, 7) is 10.6. The van der Waals surface area contributed by atoms with E-state index in [9.17, 15) is 14.0 Å². The number of hydrogen-bond acceptors (Lipinski definition) is 6. The van der Waals surface area contributed by atoms with Crippen molar-refractivity contribution in [2.45, 2.75) is 52.7 Å². The van der Waals surface area contributed by atoms with Gasteiger partial charge < -0.3 is 20.3 Å². The molecular weight excluding hydrogens is 473 g/mol. The highest BCUT2D eigenvalue weighted by Crippen LogP contribution is 2.27. The van der Waals surface area contributed by atoms with Gasteiger partial charge in [-0.1, -0.05) is 13.8 Å². The fourth-order valence-electron chi connectivity index (χ4n) is 4.71. The largest absolute Gasteiger partial charge is 0.494 e. The fourth-order valence-corrected chi connectivity index (χ4v) is 4.71. The number of nitrogens with zero attached hydrogens (tertiary/aromatic N) is 3. The quantitative estimate of drug-likeness (QED) is 0.507. The van der Waals surface area contributed by atoms with Crippen molar-refractivity contribution in [3.8, 4) is 17.1 Å². The van der Waals surface area contributed by atoms with Crippen molar-refractivity contribution >= 4 is 22.5 Å². The first-order valence-corrected chi connectivity index (χ1v) is 12.8. The predicted molar refractivity (Wildman–Crippen MR) is 145 cm³/mol. The molecule has 1 aromatic heterocycles. The molecule has 1 saturated heterocycles. The van der Waals surface area contributed by atoms with Crippen LogP contribution in [-0.2, 0) is 11.3 Å². The summed E-state index contributed by atoms with van der Waals surface area (Å²) in [4.78, 5) is 33.6. The minimum absolute atomic E-state index is 0.0369. The van der Waals surface area contributed by atoms with Crippen molar-refractivity contribution in [1.29, 1.82) is 0 Å². The number of anilines is 1. The molecular formula is C28H36FN5O3. The second kappa shape index (κ2) is 11.3. The van der Waals surface area contributed by atoms with E-state index in [0.29, 0.717) is 28.4 Å². The molecule has 8 nitrogen and oxygen atoms in total. The molecule has 37 heavy (non-hydrogen) atoms. The lowest BCUT2D eigenvalue weighted by Crippen LogP contribution is -2.41. The maximum atomic E-state index is 14.1. The Hall–Kier alpha value is -3.46. The van der Waals surface area contributed by atoms with Crippen molar-refractivity contribution < 1.29 is 13.9 Å². The molecule has 0 saturated carbocycles. The normalized spacial score (nSPS) is 16.3. The highest BCUT2D eigenvalue weighted by Gasteiger charge is 2.22. The molecule has 0 aliphatic carbocycles. The zero-order chi connectivity index (χ0) is 26.7. The zero-order valence-corrected chi connectivity index (χ0v) is 22.2. The number of methoxy groups -OCH3 is 1. The van der Waals surface area contributed by atoms with Crippen LogP contribution in [0.5, 0.6) is 5.75 Å². The van der Waals surface area contributed by atoms with Crippen LogP contribution in [0.2, 0.25) is 0 Å². The number of amides is 1. The second-order valence-corrected chi connectivity index (χ2v) is 10.2. The highest BCUT2D eigenvalue weighted by atomic mass is 19.1. The van der Waals surface area contributed by atoms with Crippen molar-refractivity contribution in [2.75, 3.05) is 31.6 Å². The first-order chi connectivity index (χ1) is 17.7. The van der Waals surface area contributed by atoms with E-state index in [1.165, 1.54) is 29.9 Å². The number of carbonyl (C=O) groups is 1. The summed E-state index contributed by atoms with van der Waals surface area (Å²) in [6, 6.07) is 10.3. The standard InChI is InChI=1S/C28H36FN5O3/c1-17(2)24-15-33(12-6-11-30-24)20-8-10-23-21(14-20)28(36)34(16-26(35)31-18(3)4)27(32-23)19-7-9-22(29)25(13-19)37-5/h7-10,13-14,17-18,24,30H,6,11-12,15-16H2,1-5H3,(H,31,35)/t24-/m1/s1. The molecule has 1 fully saturated rings. The van der Waals surface area contributed by atoms with Gasteiger partial charge in [0.25, 0.3) is 5.56 Å². The monoisotopic (exact) mass is 509 g/mol. The molecule has 1 aliphatic rings. The topological polar surface area (TPSA) is 88.5 Å². The van der Waals surface area contributed by atoms with Crippen LogP contribution in [0.3, 0.4) is 0 Å². The number of fused-ring (bicyclic) bond motifs is 1. The summed E-state index contributed by atoms with van der Waals surface area (Å²) < 4.78 is 20.6. The first-order valence-electron chi connectivity index (χ1n) is 12.8. The Balaban J connectivity index is 1.83. The lowest BCUT2D eigenvalue weighted by atomic mass is 10.0.